The van der Waals surface area contributed by atoms with Gasteiger partial charge in [0.15, 0.2) is 9.84 Å². The first-order valence-electron chi connectivity index (χ1n) is 4.64. The summed E-state index contributed by atoms with van der Waals surface area (Å²) in [5.74, 6) is -1.87. The summed E-state index contributed by atoms with van der Waals surface area (Å²) in [5, 5.41) is 8.56. The summed E-state index contributed by atoms with van der Waals surface area (Å²) < 4.78 is 35.9. The first kappa shape index (κ1) is 13.4. The van der Waals surface area contributed by atoms with Gasteiger partial charge in [-0.25, -0.2) is 12.8 Å². The van der Waals surface area contributed by atoms with E-state index in [1.54, 1.807) is 0 Å². The lowest BCUT2D eigenvalue weighted by molar-refractivity contribution is -0.135. The number of sulfone groups is 1. The SMILES string of the molecule is CN(CC(=O)O)c1ccc(S(C)(=O)=O)cc1F. The Hall–Kier alpha value is -1.63. The molecule has 0 saturated carbocycles. The molecule has 0 aliphatic heterocycles. The van der Waals surface area contributed by atoms with Crippen LogP contribution in [-0.4, -0.2) is 39.3 Å². The minimum absolute atomic E-state index is 0.0415. The number of carboxylic acids is 1. The molecule has 0 heterocycles. The molecule has 1 aromatic rings. The number of nitrogens with zero attached hydrogens (tertiary/aromatic N) is 1. The van der Waals surface area contributed by atoms with E-state index in [2.05, 4.69) is 0 Å². The normalized spacial score (nSPS) is 11.2. The predicted octanol–water partition coefficient (Wildman–Crippen LogP) is 0.750. The van der Waals surface area contributed by atoms with Gasteiger partial charge >= 0.3 is 5.97 Å². The van der Waals surface area contributed by atoms with Crippen molar-refractivity contribution >= 4 is 21.5 Å². The Labute approximate surface area is 98.4 Å². The standard InChI is InChI=1S/C10H12FNO4S/c1-12(6-10(13)14)9-4-3-7(5-8(9)11)17(2,15)16/h3-5H,6H2,1-2H3,(H,13,14). The molecule has 7 heteroatoms. The van der Waals surface area contributed by atoms with Crippen LogP contribution in [0.1, 0.15) is 0 Å². The molecular formula is C10H12FNO4S. The van der Waals surface area contributed by atoms with Gasteiger partial charge in [0.1, 0.15) is 12.4 Å². The first-order valence-corrected chi connectivity index (χ1v) is 6.53. The molecule has 0 saturated heterocycles. The average Bonchev–Trinajstić information content (AvgIpc) is 2.14. The molecule has 1 N–H and O–H groups in total. The van der Waals surface area contributed by atoms with Crippen LogP contribution < -0.4 is 4.90 Å². The fourth-order valence-corrected chi connectivity index (χ4v) is 1.95. The summed E-state index contributed by atoms with van der Waals surface area (Å²) in [7, 11) is -2.06. The number of anilines is 1. The minimum atomic E-state index is -3.47. The smallest absolute Gasteiger partial charge is 0.323 e. The second kappa shape index (κ2) is 4.70. The Morgan fingerprint density at radius 2 is 2.06 bits per heavy atom. The van der Waals surface area contributed by atoms with E-state index in [0.717, 1.165) is 12.3 Å². The van der Waals surface area contributed by atoms with Crippen LogP contribution in [0.3, 0.4) is 0 Å². The van der Waals surface area contributed by atoms with Gasteiger partial charge in [-0.2, -0.15) is 0 Å². The highest BCUT2D eigenvalue weighted by Crippen LogP contribution is 2.21. The second-order valence-corrected chi connectivity index (χ2v) is 5.65. The van der Waals surface area contributed by atoms with Crippen molar-refractivity contribution in [2.24, 2.45) is 0 Å². The quantitative estimate of drug-likeness (QED) is 0.865. The van der Waals surface area contributed by atoms with Gasteiger partial charge in [0.05, 0.1) is 10.6 Å². The third-order valence-corrected chi connectivity index (χ3v) is 3.24. The van der Waals surface area contributed by atoms with Gasteiger partial charge in [0, 0.05) is 13.3 Å². The number of rotatable bonds is 4. The molecule has 0 aromatic heterocycles. The summed E-state index contributed by atoms with van der Waals surface area (Å²) in [4.78, 5) is 11.5. The Morgan fingerprint density at radius 1 is 1.47 bits per heavy atom. The van der Waals surface area contributed by atoms with E-state index in [9.17, 15) is 17.6 Å². The number of carboxylic acid groups (broad SMARTS) is 1. The van der Waals surface area contributed by atoms with Crippen LogP contribution in [0.5, 0.6) is 0 Å². The van der Waals surface area contributed by atoms with E-state index in [-0.39, 0.29) is 17.1 Å². The van der Waals surface area contributed by atoms with Crippen molar-refractivity contribution in [3.63, 3.8) is 0 Å². The van der Waals surface area contributed by atoms with E-state index in [4.69, 9.17) is 5.11 Å². The Bertz CT molecular complexity index is 541. The van der Waals surface area contributed by atoms with Crippen LogP contribution in [0.4, 0.5) is 10.1 Å². The maximum Gasteiger partial charge on any atom is 0.323 e. The van der Waals surface area contributed by atoms with E-state index < -0.39 is 21.6 Å². The fourth-order valence-electron chi connectivity index (χ4n) is 1.32. The zero-order chi connectivity index (χ0) is 13.2. The molecular weight excluding hydrogens is 249 g/mol. The molecule has 0 amide bonds. The third-order valence-electron chi connectivity index (χ3n) is 2.13. The van der Waals surface area contributed by atoms with Crippen molar-refractivity contribution in [3.05, 3.63) is 24.0 Å². The number of halogens is 1. The van der Waals surface area contributed by atoms with E-state index in [1.165, 1.54) is 24.1 Å². The van der Waals surface area contributed by atoms with E-state index in [1.807, 2.05) is 0 Å². The summed E-state index contributed by atoms with van der Waals surface area (Å²) >= 11 is 0. The minimum Gasteiger partial charge on any atom is -0.480 e. The Balaban J connectivity index is 3.10. The average molecular weight is 261 g/mol. The summed E-state index contributed by atoms with van der Waals surface area (Å²) in [6.07, 6.45) is 0.975. The number of carbonyl (C=O) groups is 1. The topological polar surface area (TPSA) is 74.7 Å². The van der Waals surface area contributed by atoms with Crippen molar-refractivity contribution in [3.8, 4) is 0 Å². The zero-order valence-corrected chi connectivity index (χ0v) is 10.2. The van der Waals surface area contributed by atoms with Crippen molar-refractivity contribution in [1.29, 1.82) is 0 Å². The lowest BCUT2D eigenvalue weighted by atomic mass is 10.3. The van der Waals surface area contributed by atoms with E-state index in [0.29, 0.717) is 0 Å². The highest BCUT2D eigenvalue weighted by atomic mass is 32.2. The zero-order valence-electron chi connectivity index (χ0n) is 9.34. The molecule has 0 unspecified atom stereocenters. The number of likely N-dealkylation sites (N-methyl/N-ethyl adjacent to an activating group) is 1. The van der Waals surface area contributed by atoms with Crippen LogP contribution in [-0.2, 0) is 14.6 Å². The van der Waals surface area contributed by atoms with Crippen LogP contribution in [0.25, 0.3) is 0 Å². The number of benzene rings is 1. The van der Waals surface area contributed by atoms with Crippen LogP contribution in [0.2, 0.25) is 0 Å². The number of hydrogen-bond donors (Lipinski definition) is 1. The maximum absolute atomic E-state index is 13.6. The highest BCUT2D eigenvalue weighted by molar-refractivity contribution is 7.90. The molecule has 0 bridgehead atoms. The summed E-state index contributed by atoms with van der Waals surface area (Å²) in [6.45, 7) is -0.366. The molecule has 0 aliphatic rings. The van der Waals surface area contributed by atoms with Crippen LogP contribution in [0, 0.1) is 5.82 Å². The van der Waals surface area contributed by atoms with Crippen molar-refractivity contribution in [2.45, 2.75) is 4.90 Å². The van der Waals surface area contributed by atoms with Crippen LogP contribution >= 0.6 is 0 Å². The lowest BCUT2D eigenvalue weighted by Gasteiger charge is -2.17. The Kier molecular flexibility index (Phi) is 3.72. The van der Waals surface area contributed by atoms with Gasteiger partial charge < -0.3 is 10.0 Å². The predicted molar refractivity (Wildman–Crippen MR) is 60.4 cm³/mol. The summed E-state index contributed by atoms with van der Waals surface area (Å²) in [6, 6.07) is 3.36. The number of hydrogen-bond acceptors (Lipinski definition) is 4. The molecule has 0 fully saturated rings. The Morgan fingerprint density at radius 3 is 2.47 bits per heavy atom. The van der Waals surface area contributed by atoms with Crippen molar-refractivity contribution in [1.82, 2.24) is 0 Å². The third kappa shape index (κ3) is 3.42. The molecule has 0 atom stereocenters. The van der Waals surface area contributed by atoms with Gasteiger partial charge in [0.2, 0.25) is 0 Å². The molecule has 0 radical (unpaired) electrons. The maximum atomic E-state index is 13.6. The molecule has 0 spiro atoms. The fraction of sp³-hybridized carbons (Fsp3) is 0.300. The van der Waals surface area contributed by atoms with Crippen molar-refractivity contribution < 1.29 is 22.7 Å². The largest absolute Gasteiger partial charge is 0.480 e. The number of aliphatic carboxylic acids is 1. The van der Waals surface area contributed by atoms with Gasteiger partial charge in [0.25, 0.3) is 0 Å². The highest BCUT2D eigenvalue weighted by Gasteiger charge is 2.14. The van der Waals surface area contributed by atoms with E-state index >= 15 is 0 Å². The lowest BCUT2D eigenvalue weighted by Crippen LogP contribution is -2.26. The summed E-state index contributed by atoms with van der Waals surface area (Å²) in [5.41, 5.74) is 0.0415. The second-order valence-electron chi connectivity index (χ2n) is 3.64. The van der Waals surface area contributed by atoms with Gasteiger partial charge in [-0.3, -0.25) is 4.79 Å². The molecule has 94 valence electrons. The molecule has 17 heavy (non-hydrogen) atoms. The van der Waals surface area contributed by atoms with Crippen molar-refractivity contribution in [2.75, 3.05) is 24.7 Å². The molecule has 5 nitrogen and oxygen atoms in total. The monoisotopic (exact) mass is 261 g/mol. The van der Waals surface area contributed by atoms with Gasteiger partial charge in [-0.1, -0.05) is 0 Å². The first-order chi connectivity index (χ1) is 7.71. The molecule has 1 rings (SSSR count). The van der Waals surface area contributed by atoms with Gasteiger partial charge in [-0.15, -0.1) is 0 Å². The molecule has 1 aromatic carbocycles. The molecule has 0 aliphatic carbocycles. The van der Waals surface area contributed by atoms with Gasteiger partial charge in [-0.05, 0) is 18.2 Å². The van der Waals surface area contributed by atoms with Crippen LogP contribution in [0.15, 0.2) is 23.1 Å².